The first-order valence-electron chi connectivity index (χ1n) is 6.26. The van der Waals surface area contributed by atoms with Crippen LogP contribution in [0.4, 0.5) is 10.5 Å². The van der Waals surface area contributed by atoms with E-state index in [4.69, 9.17) is 0 Å². The van der Waals surface area contributed by atoms with Crippen molar-refractivity contribution in [2.45, 2.75) is 13.0 Å². The van der Waals surface area contributed by atoms with Gasteiger partial charge >= 0.3 is 12.0 Å². The van der Waals surface area contributed by atoms with Crippen LogP contribution in [-0.4, -0.2) is 36.9 Å². The average molecular weight is 275 g/mol. The number of nitrogens with zero attached hydrogens (tertiary/aromatic N) is 2. The molecule has 1 aromatic carbocycles. The number of hydrogen-bond donors (Lipinski definition) is 2. The SMILES string of the molecule is CC1=NC(=O)N[C@@H](c2ccc(N(C)C)cc2)[C@H]1C(=O)O. The van der Waals surface area contributed by atoms with E-state index in [1.807, 2.05) is 43.3 Å². The molecular weight excluding hydrogens is 258 g/mol. The lowest BCUT2D eigenvalue weighted by Gasteiger charge is -2.28. The van der Waals surface area contributed by atoms with Crippen LogP contribution in [0.25, 0.3) is 0 Å². The Labute approximate surface area is 117 Å². The molecule has 6 heteroatoms. The van der Waals surface area contributed by atoms with Crippen LogP contribution < -0.4 is 10.2 Å². The third kappa shape index (κ3) is 2.64. The van der Waals surface area contributed by atoms with Crippen molar-refractivity contribution in [1.82, 2.24) is 5.32 Å². The summed E-state index contributed by atoms with van der Waals surface area (Å²) >= 11 is 0. The zero-order valence-electron chi connectivity index (χ0n) is 11.6. The van der Waals surface area contributed by atoms with Crippen LogP contribution in [0.2, 0.25) is 0 Å². The molecule has 1 aliphatic heterocycles. The van der Waals surface area contributed by atoms with Crippen molar-refractivity contribution in [1.29, 1.82) is 0 Å². The number of hydrogen-bond acceptors (Lipinski definition) is 3. The molecule has 0 saturated carbocycles. The normalized spacial score (nSPS) is 21.9. The number of aliphatic carboxylic acids is 1. The molecule has 2 atom stereocenters. The first-order chi connectivity index (χ1) is 9.40. The average Bonchev–Trinajstić information content (AvgIpc) is 2.37. The van der Waals surface area contributed by atoms with E-state index in [0.717, 1.165) is 11.3 Å². The molecule has 2 rings (SSSR count). The topological polar surface area (TPSA) is 82.0 Å². The Bertz CT molecular complexity index is 564. The number of carboxylic acid groups (broad SMARTS) is 1. The Morgan fingerprint density at radius 2 is 1.90 bits per heavy atom. The molecule has 1 aromatic rings. The van der Waals surface area contributed by atoms with E-state index in [-0.39, 0.29) is 0 Å². The minimum Gasteiger partial charge on any atom is -0.481 e. The lowest BCUT2D eigenvalue weighted by molar-refractivity contribution is -0.140. The van der Waals surface area contributed by atoms with Crippen LogP contribution in [0, 0.1) is 5.92 Å². The zero-order chi connectivity index (χ0) is 14.9. The second kappa shape index (κ2) is 5.32. The molecule has 0 saturated heterocycles. The minimum atomic E-state index is -0.993. The molecule has 0 aliphatic carbocycles. The van der Waals surface area contributed by atoms with Gasteiger partial charge in [0.25, 0.3) is 0 Å². The summed E-state index contributed by atoms with van der Waals surface area (Å²) in [6.45, 7) is 1.57. The van der Waals surface area contributed by atoms with Gasteiger partial charge in [-0.3, -0.25) is 4.79 Å². The summed E-state index contributed by atoms with van der Waals surface area (Å²) in [5, 5.41) is 12.0. The number of urea groups is 1. The summed E-state index contributed by atoms with van der Waals surface area (Å²) < 4.78 is 0. The van der Waals surface area contributed by atoms with Crippen LogP contribution >= 0.6 is 0 Å². The smallest absolute Gasteiger partial charge is 0.341 e. The fourth-order valence-electron chi connectivity index (χ4n) is 2.30. The summed E-state index contributed by atoms with van der Waals surface area (Å²) in [7, 11) is 3.85. The Balaban J connectivity index is 2.36. The quantitative estimate of drug-likeness (QED) is 0.879. The van der Waals surface area contributed by atoms with Gasteiger partial charge in [-0.15, -0.1) is 0 Å². The monoisotopic (exact) mass is 275 g/mol. The van der Waals surface area contributed by atoms with Gasteiger partial charge in [-0.05, 0) is 24.6 Å². The molecule has 0 fully saturated rings. The minimum absolute atomic E-state index is 0.322. The van der Waals surface area contributed by atoms with Crippen LogP contribution in [0.3, 0.4) is 0 Å². The second-order valence-electron chi connectivity index (χ2n) is 4.98. The molecular formula is C14H17N3O3. The summed E-state index contributed by atoms with van der Waals surface area (Å²) in [6.07, 6.45) is 0. The molecule has 2 amide bonds. The summed E-state index contributed by atoms with van der Waals surface area (Å²) in [4.78, 5) is 28.5. The van der Waals surface area contributed by atoms with Gasteiger partial charge in [-0.2, -0.15) is 0 Å². The van der Waals surface area contributed by atoms with Crippen molar-refractivity contribution in [3.63, 3.8) is 0 Å². The molecule has 0 spiro atoms. The van der Waals surface area contributed by atoms with Crippen molar-refractivity contribution in [2.75, 3.05) is 19.0 Å². The molecule has 1 heterocycles. The maximum absolute atomic E-state index is 11.5. The molecule has 0 unspecified atom stereocenters. The lowest BCUT2D eigenvalue weighted by Crippen LogP contribution is -2.43. The Morgan fingerprint density at radius 1 is 1.30 bits per heavy atom. The van der Waals surface area contributed by atoms with Gasteiger partial charge in [0.15, 0.2) is 0 Å². The number of rotatable bonds is 3. The number of amides is 2. The van der Waals surface area contributed by atoms with Crippen molar-refractivity contribution in [3.05, 3.63) is 29.8 Å². The molecule has 6 nitrogen and oxygen atoms in total. The van der Waals surface area contributed by atoms with E-state index in [1.165, 1.54) is 0 Å². The zero-order valence-corrected chi connectivity index (χ0v) is 11.6. The molecule has 106 valence electrons. The van der Waals surface area contributed by atoms with Gasteiger partial charge in [0.05, 0.1) is 6.04 Å². The first kappa shape index (κ1) is 14.0. The van der Waals surface area contributed by atoms with E-state index in [9.17, 15) is 14.7 Å². The first-order valence-corrected chi connectivity index (χ1v) is 6.26. The Kier molecular flexibility index (Phi) is 3.74. The Morgan fingerprint density at radius 3 is 2.40 bits per heavy atom. The van der Waals surface area contributed by atoms with Crippen LogP contribution in [-0.2, 0) is 4.79 Å². The highest BCUT2D eigenvalue weighted by Gasteiger charge is 2.36. The van der Waals surface area contributed by atoms with E-state index < -0.39 is 24.0 Å². The van der Waals surface area contributed by atoms with E-state index >= 15 is 0 Å². The molecule has 20 heavy (non-hydrogen) atoms. The Hall–Kier alpha value is -2.37. The maximum atomic E-state index is 11.5. The summed E-state index contributed by atoms with van der Waals surface area (Å²) in [5.41, 5.74) is 2.08. The van der Waals surface area contributed by atoms with Gasteiger partial charge < -0.3 is 15.3 Å². The van der Waals surface area contributed by atoms with E-state index in [0.29, 0.717) is 5.71 Å². The number of nitrogens with one attached hydrogen (secondary N) is 1. The third-order valence-electron chi connectivity index (χ3n) is 3.37. The number of carboxylic acids is 1. The van der Waals surface area contributed by atoms with Crippen LogP contribution in [0.15, 0.2) is 29.3 Å². The molecule has 0 aromatic heterocycles. The van der Waals surface area contributed by atoms with E-state index in [1.54, 1.807) is 6.92 Å². The number of carbonyl (C=O) groups excluding carboxylic acids is 1. The van der Waals surface area contributed by atoms with Crippen molar-refractivity contribution in [3.8, 4) is 0 Å². The lowest BCUT2D eigenvalue weighted by atomic mass is 9.88. The standard InChI is InChI=1S/C14H17N3O3/c1-8-11(13(18)19)12(16-14(20)15-8)9-4-6-10(7-5-9)17(2)3/h4-7,11-12H,1-3H3,(H,16,20)(H,18,19)/t11-,12-/m0/s1. The second-order valence-corrected chi connectivity index (χ2v) is 4.98. The summed E-state index contributed by atoms with van der Waals surface area (Å²) in [6, 6.07) is 6.35. The van der Waals surface area contributed by atoms with Gasteiger partial charge in [0, 0.05) is 25.5 Å². The van der Waals surface area contributed by atoms with Gasteiger partial charge in [0.1, 0.15) is 5.92 Å². The highest BCUT2D eigenvalue weighted by atomic mass is 16.4. The molecule has 2 N–H and O–H groups in total. The number of aliphatic imine (C=N–C) groups is 1. The third-order valence-corrected chi connectivity index (χ3v) is 3.37. The van der Waals surface area contributed by atoms with Gasteiger partial charge in [0.2, 0.25) is 0 Å². The fraction of sp³-hybridized carbons (Fsp3) is 0.357. The van der Waals surface area contributed by atoms with E-state index in [2.05, 4.69) is 10.3 Å². The number of benzene rings is 1. The number of carbonyl (C=O) groups is 2. The fourth-order valence-corrected chi connectivity index (χ4v) is 2.30. The predicted octanol–water partition coefficient (Wildman–Crippen LogP) is 1.68. The molecule has 0 bridgehead atoms. The van der Waals surface area contributed by atoms with Gasteiger partial charge in [-0.1, -0.05) is 12.1 Å². The number of anilines is 1. The molecule has 0 radical (unpaired) electrons. The maximum Gasteiger partial charge on any atom is 0.341 e. The van der Waals surface area contributed by atoms with Crippen LogP contribution in [0.5, 0.6) is 0 Å². The highest BCUT2D eigenvalue weighted by molar-refractivity contribution is 6.07. The molecule has 1 aliphatic rings. The highest BCUT2D eigenvalue weighted by Crippen LogP contribution is 2.28. The predicted molar refractivity (Wildman–Crippen MR) is 76.3 cm³/mol. The van der Waals surface area contributed by atoms with Crippen molar-refractivity contribution < 1.29 is 14.7 Å². The summed E-state index contributed by atoms with van der Waals surface area (Å²) in [5.74, 6) is -1.83. The van der Waals surface area contributed by atoms with Crippen LogP contribution in [0.1, 0.15) is 18.5 Å². The van der Waals surface area contributed by atoms with Crippen molar-refractivity contribution in [2.24, 2.45) is 10.9 Å². The van der Waals surface area contributed by atoms with Crippen molar-refractivity contribution >= 4 is 23.4 Å². The van der Waals surface area contributed by atoms with Gasteiger partial charge in [-0.25, -0.2) is 9.79 Å². The largest absolute Gasteiger partial charge is 0.481 e.